The number of benzene rings is 1. The minimum absolute atomic E-state index is 0.661. The molecule has 0 fully saturated rings. The van der Waals surface area contributed by atoms with Gasteiger partial charge in [0, 0.05) is 13.1 Å². The molecular formula is C13H22N2O2. The highest BCUT2D eigenvalue weighted by Gasteiger charge is 2.05. The average Bonchev–Trinajstić information content (AvgIpc) is 2.30. The van der Waals surface area contributed by atoms with Crippen LogP contribution in [0.25, 0.3) is 0 Å². The maximum Gasteiger partial charge on any atom is 0.161 e. The van der Waals surface area contributed by atoms with Crippen LogP contribution in [0.3, 0.4) is 0 Å². The molecule has 1 rings (SSSR count). The molecule has 0 aliphatic heterocycles. The topological polar surface area (TPSA) is 33.7 Å². The van der Waals surface area contributed by atoms with Gasteiger partial charge in [-0.25, -0.2) is 0 Å². The highest BCUT2D eigenvalue weighted by molar-refractivity contribution is 5.42. The van der Waals surface area contributed by atoms with E-state index in [-0.39, 0.29) is 0 Å². The number of nitrogens with zero attached hydrogens (tertiary/aromatic N) is 1. The van der Waals surface area contributed by atoms with Gasteiger partial charge in [0.05, 0.1) is 7.11 Å². The van der Waals surface area contributed by atoms with Crippen LogP contribution in [0.5, 0.6) is 11.5 Å². The Morgan fingerprint density at radius 2 is 2.00 bits per heavy atom. The zero-order valence-corrected chi connectivity index (χ0v) is 11.1. The van der Waals surface area contributed by atoms with Crippen molar-refractivity contribution in [3.63, 3.8) is 0 Å². The summed E-state index contributed by atoms with van der Waals surface area (Å²) in [5.41, 5.74) is 1.18. The summed E-state index contributed by atoms with van der Waals surface area (Å²) in [6.45, 7) is 2.38. The smallest absolute Gasteiger partial charge is 0.161 e. The van der Waals surface area contributed by atoms with E-state index in [0.29, 0.717) is 6.61 Å². The highest BCUT2D eigenvalue weighted by atomic mass is 16.5. The van der Waals surface area contributed by atoms with E-state index in [9.17, 15) is 0 Å². The van der Waals surface area contributed by atoms with Crippen LogP contribution in [0.4, 0.5) is 0 Å². The van der Waals surface area contributed by atoms with Crippen LogP contribution in [0, 0.1) is 0 Å². The molecule has 0 aliphatic carbocycles. The van der Waals surface area contributed by atoms with E-state index in [1.54, 1.807) is 7.11 Å². The van der Waals surface area contributed by atoms with E-state index in [1.165, 1.54) is 5.56 Å². The van der Waals surface area contributed by atoms with E-state index in [0.717, 1.165) is 24.6 Å². The van der Waals surface area contributed by atoms with Crippen molar-refractivity contribution in [3.8, 4) is 11.5 Å². The molecule has 1 aromatic rings. The molecule has 96 valence electrons. The van der Waals surface area contributed by atoms with Gasteiger partial charge >= 0.3 is 0 Å². The van der Waals surface area contributed by atoms with Crippen molar-refractivity contribution in [1.82, 2.24) is 10.2 Å². The van der Waals surface area contributed by atoms with Crippen LogP contribution in [0.15, 0.2) is 18.2 Å². The molecule has 0 unspecified atom stereocenters. The molecule has 4 nitrogen and oxygen atoms in total. The van der Waals surface area contributed by atoms with Crippen LogP contribution in [-0.4, -0.2) is 46.3 Å². The fraction of sp³-hybridized carbons (Fsp3) is 0.538. The van der Waals surface area contributed by atoms with Gasteiger partial charge in [0.1, 0.15) is 6.61 Å². The van der Waals surface area contributed by atoms with Crippen molar-refractivity contribution in [2.75, 3.05) is 41.4 Å². The summed E-state index contributed by atoms with van der Waals surface area (Å²) >= 11 is 0. The van der Waals surface area contributed by atoms with Crippen molar-refractivity contribution in [3.05, 3.63) is 23.8 Å². The Kier molecular flexibility index (Phi) is 5.80. The lowest BCUT2D eigenvalue weighted by Gasteiger charge is -2.14. The van der Waals surface area contributed by atoms with Crippen LogP contribution >= 0.6 is 0 Å². The van der Waals surface area contributed by atoms with E-state index >= 15 is 0 Å². The lowest BCUT2D eigenvalue weighted by molar-refractivity contribution is 0.250. The Labute approximate surface area is 104 Å². The second kappa shape index (κ2) is 7.14. The van der Waals surface area contributed by atoms with Gasteiger partial charge in [-0.2, -0.15) is 0 Å². The van der Waals surface area contributed by atoms with Gasteiger partial charge in [-0.1, -0.05) is 6.07 Å². The van der Waals surface area contributed by atoms with E-state index < -0.39 is 0 Å². The quantitative estimate of drug-likeness (QED) is 0.777. The summed E-state index contributed by atoms with van der Waals surface area (Å²) in [4.78, 5) is 2.09. The fourth-order valence-corrected chi connectivity index (χ4v) is 1.48. The second-order valence-electron chi connectivity index (χ2n) is 4.17. The van der Waals surface area contributed by atoms with Gasteiger partial charge in [-0.3, -0.25) is 0 Å². The number of rotatable bonds is 7. The van der Waals surface area contributed by atoms with Crippen LogP contribution in [-0.2, 0) is 6.54 Å². The molecule has 0 aliphatic rings. The standard InChI is InChI=1S/C13H22N2O2/c1-14-10-11-5-6-12(13(9-11)16-4)17-8-7-15(2)3/h5-6,9,14H,7-8,10H2,1-4H3. The third-order valence-corrected chi connectivity index (χ3v) is 2.41. The van der Waals surface area contributed by atoms with Gasteiger partial charge in [0.15, 0.2) is 11.5 Å². The molecule has 1 aromatic carbocycles. The summed E-state index contributed by atoms with van der Waals surface area (Å²) < 4.78 is 11.0. The Morgan fingerprint density at radius 1 is 1.24 bits per heavy atom. The van der Waals surface area contributed by atoms with Crippen molar-refractivity contribution in [2.24, 2.45) is 0 Å². The number of methoxy groups -OCH3 is 1. The Balaban J connectivity index is 2.64. The lowest BCUT2D eigenvalue weighted by Crippen LogP contribution is -2.19. The third-order valence-electron chi connectivity index (χ3n) is 2.41. The molecule has 0 bridgehead atoms. The molecule has 0 atom stereocenters. The monoisotopic (exact) mass is 238 g/mol. The fourth-order valence-electron chi connectivity index (χ4n) is 1.48. The Hall–Kier alpha value is -1.26. The molecular weight excluding hydrogens is 216 g/mol. The molecule has 0 amide bonds. The zero-order chi connectivity index (χ0) is 12.7. The largest absolute Gasteiger partial charge is 0.493 e. The summed E-state index contributed by atoms with van der Waals surface area (Å²) in [6.07, 6.45) is 0. The second-order valence-corrected chi connectivity index (χ2v) is 4.17. The molecule has 4 heteroatoms. The number of nitrogens with one attached hydrogen (secondary N) is 1. The number of ether oxygens (including phenoxy) is 2. The van der Waals surface area contributed by atoms with Gasteiger partial charge < -0.3 is 19.7 Å². The van der Waals surface area contributed by atoms with Gasteiger partial charge in [0.25, 0.3) is 0 Å². The molecule has 0 heterocycles. The first-order chi connectivity index (χ1) is 8.17. The first-order valence-electron chi connectivity index (χ1n) is 5.76. The van der Waals surface area contributed by atoms with Gasteiger partial charge in [0.2, 0.25) is 0 Å². The number of hydrogen-bond donors (Lipinski definition) is 1. The third kappa shape index (κ3) is 4.63. The van der Waals surface area contributed by atoms with Gasteiger partial charge in [-0.05, 0) is 38.8 Å². The molecule has 0 saturated heterocycles. The van der Waals surface area contributed by atoms with Crippen LogP contribution < -0.4 is 14.8 Å². The molecule has 0 saturated carbocycles. The van der Waals surface area contributed by atoms with Crippen molar-refractivity contribution in [1.29, 1.82) is 0 Å². The molecule has 17 heavy (non-hydrogen) atoms. The summed E-state index contributed by atoms with van der Waals surface area (Å²) in [5, 5.41) is 3.11. The van der Waals surface area contributed by atoms with Crippen molar-refractivity contribution < 1.29 is 9.47 Å². The zero-order valence-electron chi connectivity index (χ0n) is 11.1. The highest BCUT2D eigenvalue weighted by Crippen LogP contribution is 2.27. The van der Waals surface area contributed by atoms with Crippen molar-refractivity contribution in [2.45, 2.75) is 6.54 Å². The maximum atomic E-state index is 5.68. The first kappa shape index (κ1) is 13.8. The predicted octanol–water partition coefficient (Wildman–Crippen LogP) is 1.35. The predicted molar refractivity (Wildman–Crippen MR) is 69.8 cm³/mol. The summed E-state index contributed by atoms with van der Waals surface area (Å²) in [7, 11) is 7.64. The van der Waals surface area contributed by atoms with Crippen LogP contribution in [0.1, 0.15) is 5.56 Å². The minimum Gasteiger partial charge on any atom is -0.493 e. The van der Waals surface area contributed by atoms with E-state index in [2.05, 4.69) is 10.2 Å². The Morgan fingerprint density at radius 3 is 2.59 bits per heavy atom. The number of hydrogen-bond acceptors (Lipinski definition) is 4. The van der Waals surface area contributed by atoms with Crippen molar-refractivity contribution >= 4 is 0 Å². The molecule has 0 aromatic heterocycles. The van der Waals surface area contributed by atoms with E-state index in [4.69, 9.17) is 9.47 Å². The maximum absolute atomic E-state index is 5.68. The lowest BCUT2D eigenvalue weighted by atomic mass is 10.2. The minimum atomic E-state index is 0.661. The summed E-state index contributed by atoms with van der Waals surface area (Å²) in [5.74, 6) is 1.59. The first-order valence-corrected chi connectivity index (χ1v) is 5.76. The molecule has 0 spiro atoms. The molecule has 1 N–H and O–H groups in total. The van der Waals surface area contributed by atoms with Gasteiger partial charge in [-0.15, -0.1) is 0 Å². The summed E-state index contributed by atoms with van der Waals surface area (Å²) in [6, 6.07) is 6.01. The normalized spacial score (nSPS) is 10.6. The average molecular weight is 238 g/mol. The number of likely N-dealkylation sites (N-methyl/N-ethyl adjacent to an activating group) is 1. The SMILES string of the molecule is CNCc1ccc(OCCN(C)C)c(OC)c1. The van der Waals surface area contributed by atoms with E-state index in [1.807, 2.05) is 39.3 Å². The Bertz CT molecular complexity index is 340. The van der Waals surface area contributed by atoms with Crippen LogP contribution in [0.2, 0.25) is 0 Å². The molecule has 0 radical (unpaired) electrons.